The van der Waals surface area contributed by atoms with Crippen molar-refractivity contribution < 1.29 is 14.0 Å². The van der Waals surface area contributed by atoms with Gasteiger partial charge in [-0.05, 0) is 48.9 Å². The van der Waals surface area contributed by atoms with E-state index in [4.69, 9.17) is 0 Å². The normalized spacial score (nSPS) is 15.5. The van der Waals surface area contributed by atoms with Crippen LogP contribution in [0.1, 0.15) is 35.7 Å². The minimum Gasteiger partial charge on any atom is -0.348 e. The van der Waals surface area contributed by atoms with Gasteiger partial charge in [0.15, 0.2) is 0 Å². The fourth-order valence-electron chi connectivity index (χ4n) is 3.87. The van der Waals surface area contributed by atoms with Crippen molar-refractivity contribution in [2.45, 2.75) is 32.4 Å². The third-order valence-corrected chi connectivity index (χ3v) is 5.45. The lowest BCUT2D eigenvalue weighted by molar-refractivity contribution is -0.135. The van der Waals surface area contributed by atoms with Gasteiger partial charge in [-0.2, -0.15) is 0 Å². The monoisotopic (exact) mass is 405 g/mol. The summed E-state index contributed by atoms with van der Waals surface area (Å²) in [4.78, 5) is 27.2. The second-order valence-corrected chi connectivity index (χ2v) is 7.58. The summed E-state index contributed by atoms with van der Waals surface area (Å²) in [5.41, 5.74) is 3.82. The molecule has 2 aromatic carbocycles. The average molecular weight is 405 g/mol. The predicted molar refractivity (Wildman–Crippen MR) is 113 cm³/mol. The van der Waals surface area contributed by atoms with E-state index in [1.807, 2.05) is 30.2 Å². The van der Waals surface area contributed by atoms with Gasteiger partial charge in [-0.1, -0.05) is 29.8 Å². The summed E-state index contributed by atoms with van der Waals surface area (Å²) in [6, 6.07) is 17.7. The zero-order valence-corrected chi connectivity index (χ0v) is 16.8. The molecule has 0 fully saturated rings. The van der Waals surface area contributed by atoms with E-state index in [1.54, 1.807) is 0 Å². The second kappa shape index (κ2) is 8.53. The zero-order valence-electron chi connectivity index (χ0n) is 16.8. The summed E-state index contributed by atoms with van der Waals surface area (Å²) in [7, 11) is 0. The smallest absolute Gasteiger partial charge is 0.224 e. The maximum absolute atomic E-state index is 13.1. The van der Waals surface area contributed by atoms with Gasteiger partial charge < -0.3 is 14.8 Å². The predicted octanol–water partition coefficient (Wildman–Crippen LogP) is 4.29. The molecule has 154 valence electrons. The Bertz CT molecular complexity index is 1040. The molecule has 1 atom stereocenters. The van der Waals surface area contributed by atoms with Crippen LogP contribution >= 0.6 is 0 Å². The molecular weight excluding hydrogens is 381 g/mol. The maximum Gasteiger partial charge on any atom is 0.224 e. The number of carbonyl (C=O) groups is 2. The van der Waals surface area contributed by atoms with E-state index in [1.165, 1.54) is 29.8 Å². The van der Waals surface area contributed by atoms with Crippen LogP contribution in [0.4, 0.5) is 10.1 Å². The number of halogens is 1. The molecule has 0 radical (unpaired) electrons. The topological polar surface area (TPSA) is 54.3 Å². The van der Waals surface area contributed by atoms with Gasteiger partial charge in [0.2, 0.25) is 11.8 Å². The van der Waals surface area contributed by atoms with Crippen molar-refractivity contribution in [2.75, 3.05) is 11.9 Å². The first-order chi connectivity index (χ1) is 14.5. The maximum atomic E-state index is 13.1. The van der Waals surface area contributed by atoms with Crippen molar-refractivity contribution in [3.8, 4) is 0 Å². The summed E-state index contributed by atoms with van der Waals surface area (Å²) in [5, 5.41) is 2.71. The van der Waals surface area contributed by atoms with Crippen molar-refractivity contribution >= 4 is 17.5 Å². The van der Waals surface area contributed by atoms with Gasteiger partial charge in [0.05, 0.1) is 6.04 Å². The van der Waals surface area contributed by atoms with Gasteiger partial charge >= 0.3 is 0 Å². The SMILES string of the molecule is Cc1ccc([C@H]2c3cccn3CCN2C(=O)CCC(=O)Nc2ccc(F)cc2)cc1. The van der Waals surface area contributed by atoms with Gasteiger partial charge in [-0.3, -0.25) is 9.59 Å². The Hall–Kier alpha value is -3.41. The first-order valence-corrected chi connectivity index (χ1v) is 10.1. The van der Waals surface area contributed by atoms with E-state index in [2.05, 4.69) is 34.1 Å². The quantitative estimate of drug-likeness (QED) is 0.689. The van der Waals surface area contributed by atoms with E-state index in [9.17, 15) is 14.0 Å². The Morgan fingerprint density at radius 1 is 1.00 bits per heavy atom. The van der Waals surface area contributed by atoms with Crippen LogP contribution in [-0.2, 0) is 16.1 Å². The molecule has 0 unspecified atom stereocenters. The lowest BCUT2D eigenvalue weighted by Gasteiger charge is -2.37. The molecule has 4 rings (SSSR count). The van der Waals surface area contributed by atoms with Gasteiger partial charge in [0.1, 0.15) is 5.82 Å². The molecule has 0 spiro atoms. The molecule has 1 aliphatic heterocycles. The molecule has 30 heavy (non-hydrogen) atoms. The summed E-state index contributed by atoms with van der Waals surface area (Å²) in [6.07, 6.45) is 2.24. The van der Waals surface area contributed by atoms with Gasteiger partial charge in [0.25, 0.3) is 0 Å². The molecule has 1 N–H and O–H groups in total. The minimum absolute atomic E-state index is 0.0534. The van der Waals surface area contributed by atoms with Crippen LogP contribution in [-0.4, -0.2) is 27.8 Å². The highest BCUT2D eigenvalue weighted by Gasteiger charge is 2.32. The number of amides is 2. The van der Waals surface area contributed by atoms with Crippen LogP contribution in [0, 0.1) is 12.7 Å². The van der Waals surface area contributed by atoms with Gasteiger partial charge in [0, 0.05) is 43.5 Å². The first kappa shape index (κ1) is 19.9. The minimum atomic E-state index is -0.361. The van der Waals surface area contributed by atoms with Crippen molar-refractivity contribution in [1.29, 1.82) is 0 Å². The summed E-state index contributed by atoms with van der Waals surface area (Å²) in [6.45, 7) is 3.37. The van der Waals surface area contributed by atoms with Crippen molar-refractivity contribution in [1.82, 2.24) is 9.47 Å². The molecule has 1 aliphatic rings. The molecule has 2 amide bonds. The molecule has 2 heterocycles. The highest BCUT2D eigenvalue weighted by Crippen LogP contribution is 2.33. The number of benzene rings is 2. The van der Waals surface area contributed by atoms with Gasteiger partial charge in [-0.15, -0.1) is 0 Å². The number of fused-ring (bicyclic) bond motifs is 1. The number of anilines is 1. The number of rotatable bonds is 5. The number of aromatic nitrogens is 1. The van der Waals surface area contributed by atoms with Crippen LogP contribution in [0.5, 0.6) is 0 Å². The Labute approximate surface area is 175 Å². The molecule has 1 aromatic heterocycles. The Kier molecular flexibility index (Phi) is 5.65. The van der Waals surface area contributed by atoms with E-state index < -0.39 is 0 Å². The molecule has 0 saturated heterocycles. The van der Waals surface area contributed by atoms with E-state index in [0.717, 1.165) is 17.8 Å². The lowest BCUT2D eigenvalue weighted by atomic mass is 9.98. The number of aryl methyl sites for hydroxylation is 1. The Morgan fingerprint density at radius 3 is 2.47 bits per heavy atom. The molecule has 3 aromatic rings. The highest BCUT2D eigenvalue weighted by atomic mass is 19.1. The van der Waals surface area contributed by atoms with Crippen molar-refractivity contribution in [3.63, 3.8) is 0 Å². The Morgan fingerprint density at radius 2 is 1.73 bits per heavy atom. The van der Waals surface area contributed by atoms with E-state index in [0.29, 0.717) is 12.2 Å². The van der Waals surface area contributed by atoms with Crippen LogP contribution in [0.25, 0.3) is 0 Å². The van der Waals surface area contributed by atoms with Crippen molar-refractivity contribution in [2.24, 2.45) is 0 Å². The third kappa shape index (κ3) is 4.27. The van der Waals surface area contributed by atoms with Crippen LogP contribution in [0.2, 0.25) is 0 Å². The summed E-state index contributed by atoms with van der Waals surface area (Å²) < 4.78 is 15.2. The summed E-state index contributed by atoms with van der Waals surface area (Å²) >= 11 is 0. The number of nitrogens with one attached hydrogen (secondary N) is 1. The second-order valence-electron chi connectivity index (χ2n) is 7.58. The largest absolute Gasteiger partial charge is 0.348 e. The molecule has 0 saturated carbocycles. The lowest BCUT2D eigenvalue weighted by Crippen LogP contribution is -2.42. The number of nitrogens with zero attached hydrogens (tertiary/aromatic N) is 2. The van der Waals surface area contributed by atoms with Crippen molar-refractivity contribution in [3.05, 3.63) is 89.5 Å². The summed E-state index contributed by atoms with van der Waals surface area (Å²) in [5.74, 6) is -0.676. The first-order valence-electron chi connectivity index (χ1n) is 10.1. The fraction of sp³-hybridized carbons (Fsp3) is 0.250. The van der Waals surface area contributed by atoms with E-state index >= 15 is 0 Å². The van der Waals surface area contributed by atoms with E-state index in [-0.39, 0.29) is 36.5 Å². The molecule has 0 bridgehead atoms. The van der Waals surface area contributed by atoms with Crippen LogP contribution in [0.3, 0.4) is 0 Å². The van der Waals surface area contributed by atoms with Gasteiger partial charge in [-0.25, -0.2) is 4.39 Å². The number of hydrogen-bond acceptors (Lipinski definition) is 2. The molecular formula is C24H24FN3O2. The number of hydrogen-bond donors (Lipinski definition) is 1. The fourth-order valence-corrected chi connectivity index (χ4v) is 3.87. The zero-order chi connectivity index (χ0) is 21.1. The standard InChI is InChI=1S/C24H24FN3O2/c1-17-4-6-18(7-5-17)24-21-3-2-14-27(21)15-16-28(24)23(30)13-12-22(29)26-20-10-8-19(25)9-11-20/h2-11,14,24H,12-13,15-16H2,1H3,(H,26,29)/t24-/m0/s1. The van der Waals surface area contributed by atoms with Crippen LogP contribution < -0.4 is 5.32 Å². The third-order valence-electron chi connectivity index (χ3n) is 5.45. The molecule has 5 nitrogen and oxygen atoms in total. The van der Waals surface area contributed by atoms with Crippen LogP contribution in [0.15, 0.2) is 66.9 Å². The number of carbonyl (C=O) groups excluding carboxylic acids is 2. The Balaban J connectivity index is 1.46. The molecule has 0 aliphatic carbocycles. The molecule has 6 heteroatoms. The highest BCUT2D eigenvalue weighted by molar-refractivity contribution is 5.93. The average Bonchev–Trinajstić information content (AvgIpc) is 3.22.